The van der Waals surface area contributed by atoms with E-state index in [2.05, 4.69) is 10.2 Å². The van der Waals surface area contributed by atoms with Gasteiger partial charge in [-0.05, 0) is 11.6 Å². The Hall–Kier alpha value is -1.75. The minimum Gasteiger partial charge on any atom is -0.472 e. The minimum atomic E-state index is -0.647. The van der Waals surface area contributed by atoms with E-state index < -0.39 is 6.10 Å². The van der Waals surface area contributed by atoms with Gasteiger partial charge in [-0.1, -0.05) is 0 Å². The number of nitrogens with one attached hydrogen (secondary N) is 1. The highest BCUT2D eigenvalue weighted by Gasteiger charge is 2.13. The van der Waals surface area contributed by atoms with E-state index >= 15 is 0 Å². The van der Waals surface area contributed by atoms with Gasteiger partial charge in [0.25, 0.3) is 0 Å². The molecular formula is C9H11N3O2. The lowest BCUT2D eigenvalue weighted by Gasteiger charge is -2.06. The van der Waals surface area contributed by atoms with Crippen LogP contribution in [-0.2, 0) is 6.42 Å². The second-order valence-corrected chi connectivity index (χ2v) is 3.09. The van der Waals surface area contributed by atoms with Crippen molar-refractivity contribution in [2.45, 2.75) is 12.5 Å². The molecule has 74 valence electrons. The molecule has 1 atom stereocenters. The zero-order chi connectivity index (χ0) is 9.97. The molecule has 2 aromatic heterocycles. The number of nitrogens with two attached hydrogens (primary N) is 1. The summed E-state index contributed by atoms with van der Waals surface area (Å²) in [5, 5.41) is 16.1. The van der Waals surface area contributed by atoms with Crippen LogP contribution < -0.4 is 5.73 Å². The third kappa shape index (κ3) is 1.62. The SMILES string of the molecule is Nc1[nH]ncc1C(O)Cc1ccoc1. The van der Waals surface area contributed by atoms with E-state index in [4.69, 9.17) is 10.2 Å². The van der Waals surface area contributed by atoms with E-state index in [0.29, 0.717) is 17.8 Å². The molecule has 0 saturated carbocycles. The quantitative estimate of drug-likeness (QED) is 0.674. The van der Waals surface area contributed by atoms with E-state index in [-0.39, 0.29) is 0 Å². The maximum atomic E-state index is 9.78. The maximum absolute atomic E-state index is 9.78. The lowest BCUT2D eigenvalue weighted by molar-refractivity contribution is 0.179. The van der Waals surface area contributed by atoms with Crippen molar-refractivity contribution in [3.8, 4) is 0 Å². The zero-order valence-electron chi connectivity index (χ0n) is 7.47. The largest absolute Gasteiger partial charge is 0.472 e. The first kappa shape index (κ1) is 8.83. The summed E-state index contributed by atoms with van der Waals surface area (Å²) >= 11 is 0. The van der Waals surface area contributed by atoms with Crippen LogP contribution in [0.25, 0.3) is 0 Å². The highest BCUT2D eigenvalue weighted by atomic mass is 16.3. The van der Waals surface area contributed by atoms with Crippen molar-refractivity contribution < 1.29 is 9.52 Å². The van der Waals surface area contributed by atoms with Gasteiger partial charge in [-0.25, -0.2) is 0 Å². The average Bonchev–Trinajstić information content (AvgIpc) is 2.75. The number of nitrogen functional groups attached to an aromatic ring is 1. The van der Waals surface area contributed by atoms with Crippen LogP contribution in [0.15, 0.2) is 29.2 Å². The first-order chi connectivity index (χ1) is 6.77. The number of rotatable bonds is 3. The monoisotopic (exact) mass is 193 g/mol. The van der Waals surface area contributed by atoms with E-state index in [1.807, 2.05) is 0 Å². The van der Waals surface area contributed by atoms with Gasteiger partial charge in [0, 0.05) is 12.0 Å². The molecule has 5 heteroatoms. The molecule has 1 unspecified atom stereocenters. The summed E-state index contributed by atoms with van der Waals surface area (Å²) in [6, 6.07) is 1.81. The van der Waals surface area contributed by atoms with Crippen LogP contribution in [0, 0.1) is 0 Å². The summed E-state index contributed by atoms with van der Waals surface area (Å²) in [6.07, 6.45) is 4.52. The second kappa shape index (κ2) is 3.55. The van der Waals surface area contributed by atoms with Crippen LogP contribution in [0.3, 0.4) is 0 Å². The summed E-state index contributed by atoms with van der Waals surface area (Å²) in [5.41, 5.74) is 7.11. The molecule has 0 aliphatic heterocycles. The van der Waals surface area contributed by atoms with E-state index in [0.717, 1.165) is 5.56 Å². The predicted octanol–water partition coefficient (Wildman–Crippen LogP) is 0.861. The van der Waals surface area contributed by atoms with Crippen LogP contribution in [0.1, 0.15) is 17.2 Å². The number of aromatic amines is 1. The van der Waals surface area contributed by atoms with E-state index in [1.165, 1.54) is 6.20 Å². The molecule has 0 radical (unpaired) electrons. The molecule has 2 heterocycles. The number of aliphatic hydroxyl groups excluding tert-OH is 1. The number of furan rings is 1. The Morgan fingerprint density at radius 2 is 2.50 bits per heavy atom. The Bertz CT molecular complexity index is 394. The number of nitrogens with zero attached hydrogens (tertiary/aromatic N) is 1. The number of hydrogen-bond donors (Lipinski definition) is 3. The Kier molecular flexibility index (Phi) is 2.24. The number of anilines is 1. The van der Waals surface area contributed by atoms with Gasteiger partial charge in [0.1, 0.15) is 5.82 Å². The maximum Gasteiger partial charge on any atom is 0.124 e. The van der Waals surface area contributed by atoms with Crippen molar-refractivity contribution in [2.24, 2.45) is 0 Å². The molecule has 0 spiro atoms. The third-order valence-corrected chi connectivity index (χ3v) is 2.07. The van der Waals surface area contributed by atoms with Crippen LogP contribution in [0.5, 0.6) is 0 Å². The van der Waals surface area contributed by atoms with Crippen molar-refractivity contribution in [2.75, 3.05) is 5.73 Å². The first-order valence-electron chi connectivity index (χ1n) is 4.25. The van der Waals surface area contributed by atoms with Crippen LogP contribution in [0.4, 0.5) is 5.82 Å². The molecule has 4 N–H and O–H groups in total. The van der Waals surface area contributed by atoms with Crippen LogP contribution in [0.2, 0.25) is 0 Å². The van der Waals surface area contributed by atoms with Gasteiger partial charge < -0.3 is 15.3 Å². The Morgan fingerprint density at radius 1 is 1.64 bits per heavy atom. The van der Waals surface area contributed by atoms with E-state index in [9.17, 15) is 5.11 Å². The van der Waals surface area contributed by atoms with Gasteiger partial charge in [0.05, 0.1) is 24.8 Å². The topological polar surface area (TPSA) is 88.1 Å². The minimum absolute atomic E-state index is 0.404. The molecule has 0 bridgehead atoms. The summed E-state index contributed by atoms with van der Waals surface area (Å²) in [4.78, 5) is 0. The molecule has 0 aromatic carbocycles. The average molecular weight is 193 g/mol. The fourth-order valence-electron chi connectivity index (χ4n) is 1.31. The van der Waals surface area contributed by atoms with Crippen molar-refractivity contribution in [3.63, 3.8) is 0 Å². The number of aromatic nitrogens is 2. The zero-order valence-corrected chi connectivity index (χ0v) is 7.47. The summed E-state index contributed by atoms with van der Waals surface area (Å²) in [6.45, 7) is 0. The summed E-state index contributed by atoms with van der Waals surface area (Å²) in [5.74, 6) is 0.404. The molecule has 0 amide bonds. The van der Waals surface area contributed by atoms with Gasteiger partial charge >= 0.3 is 0 Å². The Balaban J connectivity index is 2.10. The van der Waals surface area contributed by atoms with Crippen molar-refractivity contribution in [1.82, 2.24) is 10.2 Å². The number of aliphatic hydroxyl groups is 1. The number of H-pyrrole nitrogens is 1. The van der Waals surface area contributed by atoms with E-state index in [1.54, 1.807) is 18.6 Å². The normalized spacial score (nSPS) is 12.9. The molecule has 0 saturated heterocycles. The smallest absolute Gasteiger partial charge is 0.124 e. The van der Waals surface area contributed by atoms with Crippen molar-refractivity contribution >= 4 is 5.82 Å². The molecule has 14 heavy (non-hydrogen) atoms. The highest BCUT2D eigenvalue weighted by molar-refractivity contribution is 5.39. The first-order valence-corrected chi connectivity index (χ1v) is 4.25. The van der Waals surface area contributed by atoms with Crippen LogP contribution >= 0.6 is 0 Å². The fourth-order valence-corrected chi connectivity index (χ4v) is 1.31. The second-order valence-electron chi connectivity index (χ2n) is 3.09. The molecular weight excluding hydrogens is 182 g/mol. The molecule has 0 aliphatic rings. The van der Waals surface area contributed by atoms with Crippen molar-refractivity contribution in [3.05, 3.63) is 35.9 Å². The lowest BCUT2D eigenvalue weighted by Crippen LogP contribution is -2.02. The van der Waals surface area contributed by atoms with Crippen LogP contribution in [-0.4, -0.2) is 15.3 Å². The molecule has 0 aliphatic carbocycles. The lowest BCUT2D eigenvalue weighted by atomic mass is 10.1. The molecule has 5 nitrogen and oxygen atoms in total. The number of hydrogen-bond acceptors (Lipinski definition) is 4. The fraction of sp³-hybridized carbons (Fsp3) is 0.222. The Morgan fingerprint density at radius 3 is 3.07 bits per heavy atom. The molecule has 2 aromatic rings. The van der Waals surface area contributed by atoms with Gasteiger partial charge in [-0.3, -0.25) is 5.10 Å². The summed E-state index contributed by atoms with van der Waals surface area (Å²) in [7, 11) is 0. The van der Waals surface area contributed by atoms with Crippen molar-refractivity contribution in [1.29, 1.82) is 0 Å². The van der Waals surface area contributed by atoms with Gasteiger partial charge in [-0.2, -0.15) is 5.10 Å². The molecule has 0 fully saturated rings. The van der Waals surface area contributed by atoms with Gasteiger partial charge in [0.2, 0.25) is 0 Å². The summed E-state index contributed by atoms with van der Waals surface area (Å²) < 4.78 is 4.90. The van der Waals surface area contributed by atoms with Gasteiger partial charge in [-0.15, -0.1) is 0 Å². The molecule has 2 rings (SSSR count). The third-order valence-electron chi connectivity index (χ3n) is 2.07. The highest BCUT2D eigenvalue weighted by Crippen LogP contribution is 2.21. The predicted molar refractivity (Wildman–Crippen MR) is 50.4 cm³/mol. The van der Waals surface area contributed by atoms with Gasteiger partial charge in [0.15, 0.2) is 0 Å². The Labute approximate surface area is 80.5 Å². The standard InChI is InChI=1S/C9H11N3O2/c10-9-7(4-11-12-9)8(13)3-6-1-2-14-5-6/h1-2,4-5,8,13H,3H2,(H3,10,11,12).